The van der Waals surface area contributed by atoms with Crippen LogP contribution in [0.1, 0.15) is 6.92 Å². The van der Waals surface area contributed by atoms with Crippen molar-refractivity contribution in [2.24, 2.45) is 0 Å². The van der Waals surface area contributed by atoms with Gasteiger partial charge in [0.15, 0.2) is 0 Å². The Bertz CT molecular complexity index is 530. The number of aliphatic carboxylic acids is 1. The number of anilines is 1. The molecule has 0 aromatic heterocycles. The minimum Gasteiger partial charge on any atom is -0.480 e. The Hall–Kier alpha value is -2.16. The first kappa shape index (κ1) is 16.9. The largest absolute Gasteiger partial charge is 0.480 e. The molecule has 0 aliphatic carbocycles. The van der Waals surface area contributed by atoms with Crippen LogP contribution in [0.3, 0.4) is 0 Å². The van der Waals surface area contributed by atoms with Crippen LogP contribution in [0.4, 0.5) is 23.2 Å². The maximum atomic E-state index is 12.7. The van der Waals surface area contributed by atoms with Gasteiger partial charge in [0.05, 0.1) is 6.54 Å². The molecule has 0 saturated carbocycles. The number of rotatable bonds is 5. The molecule has 0 saturated heterocycles. The van der Waals surface area contributed by atoms with Gasteiger partial charge in [-0.25, -0.2) is 9.18 Å². The fraction of sp³-hybridized carbons (Fsp3) is 0.333. The summed E-state index contributed by atoms with van der Waals surface area (Å²) in [5, 5.41) is 12.5. The number of hydrogen-bond acceptors (Lipinski definition) is 3. The van der Waals surface area contributed by atoms with Gasteiger partial charge in [-0.2, -0.15) is 13.2 Å². The smallest absolute Gasteiger partial charge is 0.417 e. The SMILES string of the molecule is CC(NCC(=O)Nc1ccc(F)cc1)(C(=O)O)C(F)(F)F. The van der Waals surface area contributed by atoms with Crippen LogP contribution in [0.25, 0.3) is 0 Å². The van der Waals surface area contributed by atoms with Crippen LogP contribution in [0.5, 0.6) is 0 Å². The van der Waals surface area contributed by atoms with Gasteiger partial charge in [-0.15, -0.1) is 0 Å². The summed E-state index contributed by atoms with van der Waals surface area (Å²) < 4.78 is 50.6. The van der Waals surface area contributed by atoms with E-state index in [1.807, 2.05) is 0 Å². The highest BCUT2D eigenvalue weighted by Crippen LogP contribution is 2.30. The molecular weight excluding hydrogens is 296 g/mol. The predicted octanol–water partition coefficient (Wildman–Crippen LogP) is 1.76. The summed E-state index contributed by atoms with van der Waals surface area (Å²) in [4.78, 5) is 22.2. The normalized spacial score (nSPS) is 14.3. The first-order valence-corrected chi connectivity index (χ1v) is 5.67. The third-order valence-electron chi connectivity index (χ3n) is 2.73. The fourth-order valence-electron chi connectivity index (χ4n) is 1.29. The molecular formula is C12H12F4N2O3. The molecule has 0 aliphatic rings. The van der Waals surface area contributed by atoms with Crippen LogP contribution in [0, 0.1) is 5.82 Å². The maximum Gasteiger partial charge on any atom is 0.417 e. The molecule has 0 heterocycles. The minimum atomic E-state index is -5.07. The van der Waals surface area contributed by atoms with E-state index < -0.39 is 36.0 Å². The third-order valence-corrected chi connectivity index (χ3v) is 2.73. The lowest BCUT2D eigenvalue weighted by atomic mass is 10.0. The number of alkyl halides is 3. The quantitative estimate of drug-likeness (QED) is 0.724. The summed E-state index contributed by atoms with van der Waals surface area (Å²) in [6.07, 6.45) is -5.07. The summed E-state index contributed by atoms with van der Waals surface area (Å²) in [6, 6.07) is 4.54. The Balaban J connectivity index is 2.67. The number of carbonyl (C=O) groups is 2. The van der Waals surface area contributed by atoms with Crippen LogP contribution in [0.15, 0.2) is 24.3 Å². The Morgan fingerprint density at radius 2 is 1.71 bits per heavy atom. The molecule has 1 amide bonds. The first-order valence-electron chi connectivity index (χ1n) is 5.67. The highest BCUT2D eigenvalue weighted by molar-refractivity contribution is 5.92. The van der Waals surface area contributed by atoms with Gasteiger partial charge < -0.3 is 10.4 Å². The molecule has 1 unspecified atom stereocenters. The number of carbonyl (C=O) groups excluding carboxylic acids is 1. The molecule has 9 heteroatoms. The van der Waals surface area contributed by atoms with Gasteiger partial charge in [0.1, 0.15) is 5.82 Å². The van der Waals surface area contributed by atoms with E-state index >= 15 is 0 Å². The Morgan fingerprint density at radius 1 is 1.19 bits per heavy atom. The molecule has 0 bridgehead atoms. The maximum absolute atomic E-state index is 12.7. The van der Waals surface area contributed by atoms with Crippen LogP contribution < -0.4 is 10.6 Å². The first-order chi connectivity index (χ1) is 9.56. The lowest BCUT2D eigenvalue weighted by molar-refractivity contribution is -0.205. The van der Waals surface area contributed by atoms with Crippen molar-refractivity contribution >= 4 is 17.6 Å². The number of hydrogen-bond donors (Lipinski definition) is 3. The van der Waals surface area contributed by atoms with Crippen LogP contribution in [-0.4, -0.2) is 35.2 Å². The van der Waals surface area contributed by atoms with Crippen molar-refractivity contribution in [1.82, 2.24) is 5.32 Å². The topological polar surface area (TPSA) is 78.4 Å². The van der Waals surface area contributed by atoms with Crippen LogP contribution in [0.2, 0.25) is 0 Å². The van der Waals surface area contributed by atoms with Gasteiger partial charge in [0, 0.05) is 5.69 Å². The van der Waals surface area contributed by atoms with Crippen molar-refractivity contribution in [3.63, 3.8) is 0 Å². The summed E-state index contributed by atoms with van der Waals surface area (Å²) in [7, 11) is 0. The number of carboxylic acids is 1. The van der Waals surface area contributed by atoms with Gasteiger partial charge in [-0.05, 0) is 31.2 Å². The zero-order chi connectivity index (χ0) is 16.3. The molecule has 1 aromatic carbocycles. The van der Waals surface area contributed by atoms with E-state index in [1.54, 1.807) is 5.32 Å². The molecule has 0 aliphatic heterocycles. The summed E-state index contributed by atoms with van der Waals surface area (Å²) in [6.45, 7) is -0.458. The summed E-state index contributed by atoms with van der Waals surface area (Å²) in [5.41, 5.74) is -3.07. The number of nitrogens with one attached hydrogen (secondary N) is 2. The van der Waals surface area contributed by atoms with E-state index in [-0.39, 0.29) is 5.69 Å². The highest BCUT2D eigenvalue weighted by atomic mass is 19.4. The van der Waals surface area contributed by atoms with Crippen molar-refractivity contribution in [3.05, 3.63) is 30.1 Å². The van der Waals surface area contributed by atoms with Crippen molar-refractivity contribution in [2.45, 2.75) is 18.6 Å². The zero-order valence-corrected chi connectivity index (χ0v) is 10.8. The standard InChI is InChI=1S/C12H12F4N2O3/c1-11(10(20)21,12(14,15)16)17-6-9(19)18-8-4-2-7(13)3-5-8/h2-5,17H,6H2,1H3,(H,18,19)(H,20,21). The molecule has 0 fully saturated rings. The van der Waals surface area contributed by atoms with Crippen LogP contribution >= 0.6 is 0 Å². The Morgan fingerprint density at radius 3 is 2.14 bits per heavy atom. The van der Waals surface area contributed by atoms with E-state index in [4.69, 9.17) is 5.11 Å². The van der Waals surface area contributed by atoms with Gasteiger partial charge in [0.2, 0.25) is 11.4 Å². The van der Waals surface area contributed by atoms with E-state index in [9.17, 15) is 27.2 Å². The lowest BCUT2D eigenvalue weighted by Crippen LogP contribution is -2.61. The average molecular weight is 308 g/mol. The van der Waals surface area contributed by atoms with Gasteiger partial charge in [0.25, 0.3) is 0 Å². The van der Waals surface area contributed by atoms with Gasteiger partial charge >= 0.3 is 12.1 Å². The molecule has 1 atom stereocenters. The van der Waals surface area contributed by atoms with Crippen molar-refractivity contribution < 1.29 is 32.3 Å². The minimum absolute atomic E-state index is 0.173. The zero-order valence-electron chi connectivity index (χ0n) is 10.8. The van der Waals surface area contributed by atoms with E-state index in [0.717, 1.165) is 12.1 Å². The van der Waals surface area contributed by atoms with E-state index in [2.05, 4.69) is 5.32 Å². The molecule has 5 nitrogen and oxygen atoms in total. The second kappa shape index (κ2) is 6.08. The van der Waals surface area contributed by atoms with Crippen LogP contribution in [-0.2, 0) is 9.59 Å². The lowest BCUT2D eigenvalue weighted by Gasteiger charge is -2.28. The van der Waals surface area contributed by atoms with Crippen molar-refractivity contribution in [3.8, 4) is 0 Å². The Labute approximate surface area is 117 Å². The molecule has 0 spiro atoms. The van der Waals surface area contributed by atoms with Crippen molar-refractivity contribution in [1.29, 1.82) is 0 Å². The monoisotopic (exact) mass is 308 g/mol. The molecule has 1 rings (SSSR count). The van der Waals surface area contributed by atoms with E-state index in [0.29, 0.717) is 6.92 Å². The Kier molecular flexibility index (Phi) is 4.89. The third kappa shape index (κ3) is 4.15. The fourth-order valence-corrected chi connectivity index (χ4v) is 1.29. The predicted molar refractivity (Wildman–Crippen MR) is 65.1 cm³/mol. The van der Waals surface area contributed by atoms with E-state index in [1.165, 1.54) is 12.1 Å². The van der Waals surface area contributed by atoms with Gasteiger partial charge in [-0.3, -0.25) is 10.1 Å². The number of carboxylic acid groups (broad SMARTS) is 1. The summed E-state index contributed by atoms with van der Waals surface area (Å²) >= 11 is 0. The molecule has 21 heavy (non-hydrogen) atoms. The van der Waals surface area contributed by atoms with Gasteiger partial charge in [-0.1, -0.05) is 0 Å². The summed E-state index contributed by atoms with van der Waals surface area (Å²) in [5.74, 6) is -3.58. The molecule has 116 valence electrons. The number of halogens is 4. The number of amides is 1. The molecule has 3 N–H and O–H groups in total. The highest BCUT2D eigenvalue weighted by Gasteiger charge is 2.57. The van der Waals surface area contributed by atoms with Crippen molar-refractivity contribution in [2.75, 3.05) is 11.9 Å². The second-order valence-electron chi connectivity index (χ2n) is 4.34. The average Bonchev–Trinajstić information content (AvgIpc) is 2.37. The second-order valence-corrected chi connectivity index (χ2v) is 4.34. The molecule has 0 radical (unpaired) electrons. The number of benzene rings is 1. The molecule has 1 aromatic rings.